The molecule has 0 saturated carbocycles. The fraction of sp³-hybridized carbons (Fsp3) is 0.300. The maximum atomic E-state index is 13.4. The number of nitrogens with one attached hydrogen (secondary N) is 2. The zero-order valence-corrected chi connectivity index (χ0v) is 28.0. The van der Waals surface area contributed by atoms with Crippen molar-refractivity contribution in [1.82, 2.24) is 20.7 Å². The van der Waals surface area contributed by atoms with E-state index in [4.69, 9.17) is 14.0 Å². The summed E-state index contributed by atoms with van der Waals surface area (Å²) in [6.07, 6.45) is 0. The number of rotatable bonds is 13. The summed E-state index contributed by atoms with van der Waals surface area (Å²) in [4.78, 5) is 15.8. The second-order valence-electron chi connectivity index (χ2n) is 12.4. The number of aromatic nitrogens is 1. The molecule has 248 valence electrons. The lowest BCUT2D eigenvalue weighted by Gasteiger charge is -2.27. The highest BCUT2D eigenvalue weighted by Gasteiger charge is 2.28. The fourth-order valence-electron chi connectivity index (χ4n) is 5.97. The lowest BCUT2D eigenvalue weighted by molar-refractivity contribution is 0.0947. The molecule has 6 rings (SSSR count). The summed E-state index contributed by atoms with van der Waals surface area (Å²) >= 11 is 0. The van der Waals surface area contributed by atoms with Crippen LogP contribution in [0, 0.1) is 0 Å². The van der Waals surface area contributed by atoms with Gasteiger partial charge < -0.3 is 24.6 Å². The first-order valence-corrected chi connectivity index (χ1v) is 16.8. The highest BCUT2D eigenvalue weighted by Crippen LogP contribution is 2.44. The fourth-order valence-corrected chi connectivity index (χ4v) is 5.97. The predicted octanol–water partition coefficient (Wildman–Crippen LogP) is 7.44. The highest BCUT2D eigenvalue weighted by atomic mass is 16.5. The minimum Gasteiger partial charge on any atom is -0.488 e. The van der Waals surface area contributed by atoms with E-state index in [0.29, 0.717) is 42.4 Å². The van der Waals surface area contributed by atoms with Gasteiger partial charge >= 0.3 is 0 Å². The van der Waals surface area contributed by atoms with Gasteiger partial charge in [-0.1, -0.05) is 104 Å². The number of benzene rings is 4. The maximum Gasteiger partial charge on any atom is 0.274 e. The molecular weight excluding hydrogens is 600 g/mol. The lowest BCUT2D eigenvalue weighted by Crippen LogP contribution is -2.42. The van der Waals surface area contributed by atoms with Gasteiger partial charge in [0.1, 0.15) is 24.7 Å². The van der Waals surface area contributed by atoms with E-state index in [2.05, 4.69) is 77.0 Å². The molecule has 4 aromatic carbocycles. The number of hydrogen-bond donors (Lipinski definition) is 2. The Morgan fingerprint density at radius 1 is 0.854 bits per heavy atom. The molecule has 2 N–H and O–H groups in total. The maximum absolute atomic E-state index is 13.4. The average molecular weight is 645 g/mol. The van der Waals surface area contributed by atoms with Crippen LogP contribution >= 0.6 is 0 Å². The molecule has 0 spiro atoms. The molecule has 0 aliphatic carbocycles. The van der Waals surface area contributed by atoms with E-state index in [9.17, 15) is 4.79 Å². The van der Waals surface area contributed by atoms with Crippen LogP contribution in [0.2, 0.25) is 0 Å². The quantitative estimate of drug-likeness (QED) is 0.138. The van der Waals surface area contributed by atoms with Gasteiger partial charge in [-0.05, 0) is 46.7 Å². The smallest absolute Gasteiger partial charge is 0.274 e. The number of amides is 1. The summed E-state index contributed by atoms with van der Waals surface area (Å²) in [6, 6.07) is 32.5. The first-order chi connectivity index (χ1) is 23.5. The van der Waals surface area contributed by atoms with Crippen molar-refractivity contribution in [2.24, 2.45) is 0 Å². The SMILES string of the molecule is CCNC(=O)c1noc(-c2cc(C(C)C)c(OCc3ccccc3)cc2OCc2ccccc2)c1-c1ccc(CN2CCNCC2)cc1. The zero-order chi connectivity index (χ0) is 33.3. The molecule has 48 heavy (non-hydrogen) atoms. The Kier molecular flexibility index (Phi) is 10.8. The Bertz CT molecular complexity index is 1780. The van der Waals surface area contributed by atoms with Gasteiger partial charge in [-0.2, -0.15) is 0 Å². The van der Waals surface area contributed by atoms with Crippen molar-refractivity contribution in [3.05, 3.63) is 125 Å². The Labute approximate surface area is 283 Å². The number of nitrogens with zero attached hydrogens (tertiary/aromatic N) is 2. The van der Waals surface area contributed by atoms with Crippen LogP contribution in [0.5, 0.6) is 11.5 Å². The minimum atomic E-state index is -0.286. The summed E-state index contributed by atoms with van der Waals surface area (Å²) in [7, 11) is 0. The third kappa shape index (κ3) is 7.95. The molecule has 1 aromatic heterocycles. The summed E-state index contributed by atoms with van der Waals surface area (Å²) in [5, 5.41) is 10.7. The molecule has 0 unspecified atom stereocenters. The Hall–Kier alpha value is -4.92. The van der Waals surface area contributed by atoms with Crippen LogP contribution in [-0.2, 0) is 19.8 Å². The molecule has 1 saturated heterocycles. The average Bonchev–Trinajstić information content (AvgIpc) is 3.56. The van der Waals surface area contributed by atoms with Crippen LogP contribution < -0.4 is 20.1 Å². The minimum absolute atomic E-state index is 0.135. The number of carbonyl (C=O) groups excluding carboxylic acids is 1. The van der Waals surface area contributed by atoms with E-state index in [1.54, 1.807) is 0 Å². The Morgan fingerprint density at radius 3 is 2.08 bits per heavy atom. The third-order valence-corrected chi connectivity index (χ3v) is 8.56. The molecule has 0 bridgehead atoms. The van der Waals surface area contributed by atoms with Crippen LogP contribution in [-0.4, -0.2) is 48.7 Å². The van der Waals surface area contributed by atoms with Gasteiger partial charge in [-0.3, -0.25) is 9.69 Å². The van der Waals surface area contributed by atoms with Gasteiger partial charge in [-0.15, -0.1) is 0 Å². The van der Waals surface area contributed by atoms with Crippen molar-refractivity contribution in [3.8, 4) is 33.9 Å². The summed E-state index contributed by atoms with van der Waals surface area (Å²) in [5.41, 5.74) is 6.76. The standard InChI is InChI=1S/C40H44N4O4/c1-4-42-40(45)38-37(32-17-15-29(16-18-32)25-44-21-19-41-20-22-44)39(48-43-38)34-23-33(28(2)3)35(46-26-30-11-7-5-8-12-30)24-36(34)47-27-31-13-9-6-10-14-31/h5-18,23-24,28,41H,4,19-22,25-27H2,1-3H3,(H,42,45). The van der Waals surface area contributed by atoms with Crippen molar-refractivity contribution >= 4 is 5.91 Å². The van der Waals surface area contributed by atoms with Crippen LogP contribution in [0.3, 0.4) is 0 Å². The number of hydrogen-bond acceptors (Lipinski definition) is 7. The molecule has 1 aliphatic rings. The van der Waals surface area contributed by atoms with Crippen LogP contribution in [0.4, 0.5) is 0 Å². The van der Waals surface area contributed by atoms with E-state index >= 15 is 0 Å². The summed E-state index contributed by atoms with van der Waals surface area (Å²) < 4.78 is 19.1. The second-order valence-corrected chi connectivity index (χ2v) is 12.4. The molecule has 0 atom stereocenters. The topological polar surface area (TPSA) is 88.9 Å². The molecule has 5 aromatic rings. The Morgan fingerprint density at radius 2 is 1.48 bits per heavy atom. The van der Waals surface area contributed by atoms with E-state index in [-0.39, 0.29) is 17.5 Å². The lowest BCUT2D eigenvalue weighted by atomic mass is 9.93. The van der Waals surface area contributed by atoms with E-state index in [0.717, 1.165) is 60.7 Å². The van der Waals surface area contributed by atoms with Gasteiger partial charge in [0.05, 0.1) is 11.1 Å². The van der Waals surface area contributed by atoms with E-state index < -0.39 is 0 Å². The van der Waals surface area contributed by atoms with Crippen molar-refractivity contribution in [3.63, 3.8) is 0 Å². The first-order valence-electron chi connectivity index (χ1n) is 16.8. The molecule has 2 heterocycles. The van der Waals surface area contributed by atoms with Gasteiger partial charge in [0.25, 0.3) is 5.91 Å². The molecule has 0 radical (unpaired) electrons. The third-order valence-electron chi connectivity index (χ3n) is 8.56. The number of piperazine rings is 1. The predicted molar refractivity (Wildman–Crippen MR) is 189 cm³/mol. The van der Waals surface area contributed by atoms with Crippen LogP contribution in [0.15, 0.2) is 102 Å². The zero-order valence-electron chi connectivity index (χ0n) is 28.0. The van der Waals surface area contributed by atoms with Gasteiger partial charge in [0, 0.05) is 45.3 Å². The summed E-state index contributed by atoms with van der Waals surface area (Å²) in [6.45, 7) is 12.3. The number of ether oxygens (including phenoxy) is 2. The normalized spacial score (nSPS) is 13.4. The van der Waals surface area contributed by atoms with Crippen molar-refractivity contribution in [1.29, 1.82) is 0 Å². The summed E-state index contributed by atoms with van der Waals surface area (Å²) in [5.74, 6) is 1.65. The van der Waals surface area contributed by atoms with Crippen molar-refractivity contribution in [2.75, 3.05) is 32.7 Å². The van der Waals surface area contributed by atoms with Gasteiger partial charge in [0.15, 0.2) is 11.5 Å². The largest absolute Gasteiger partial charge is 0.488 e. The Balaban J connectivity index is 1.43. The molecule has 8 nitrogen and oxygen atoms in total. The van der Waals surface area contributed by atoms with Gasteiger partial charge in [-0.25, -0.2) is 0 Å². The van der Waals surface area contributed by atoms with Crippen LogP contribution in [0.25, 0.3) is 22.5 Å². The highest BCUT2D eigenvalue weighted by molar-refractivity contribution is 6.02. The molecule has 1 fully saturated rings. The molecular formula is C40H44N4O4. The van der Waals surface area contributed by atoms with Crippen LogP contribution in [0.1, 0.15) is 59.4 Å². The van der Waals surface area contributed by atoms with Crippen molar-refractivity contribution in [2.45, 2.75) is 46.4 Å². The van der Waals surface area contributed by atoms with Gasteiger partial charge in [0.2, 0.25) is 0 Å². The first kappa shape index (κ1) is 33.0. The monoisotopic (exact) mass is 644 g/mol. The van der Waals surface area contributed by atoms with E-state index in [1.165, 1.54) is 5.56 Å². The van der Waals surface area contributed by atoms with E-state index in [1.807, 2.05) is 61.5 Å². The molecule has 1 amide bonds. The van der Waals surface area contributed by atoms with Crippen molar-refractivity contribution < 1.29 is 18.8 Å². The second kappa shape index (κ2) is 15.8. The number of carbonyl (C=O) groups is 1. The molecule has 8 heteroatoms. The molecule has 1 aliphatic heterocycles.